The van der Waals surface area contributed by atoms with Crippen LogP contribution in [0.15, 0.2) is 176 Å². The van der Waals surface area contributed by atoms with Crippen LogP contribution in [0.3, 0.4) is 0 Å². The van der Waals surface area contributed by atoms with Crippen molar-refractivity contribution in [3.05, 3.63) is 220 Å². The van der Waals surface area contributed by atoms with Gasteiger partial charge in [-0.2, -0.15) is 0 Å². The Morgan fingerprint density at radius 3 is 1.73 bits per heavy atom. The molecule has 0 aromatic heterocycles. The van der Waals surface area contributed by atoms with E-state index < -0.39 is 5.41 Å². The van der Waals surface area contributed by atoms with Crippen molar-refractivity contribution in [1.29, 1.82) is 0 Å². The lowest BCUT2D eigenvalue weighted by Gasteiger charge is -2.37. The molecule has 0 fully saturated rings. The third-order valence-electron chi connectivity index (χ3n) is 13.8. The van der Waals surface area contributed by atoms with Crippen LogP contribution in [0.1, 0.15) is 86.1 Å². The van der Waals surface area contributed by atoms with Gasteiger partial charge in [0.1, 0.15) is 0 Å². The normalized spacial score (nSPS) is 16.2. The van der Waals surface area contributed by atoms with Crippen LogP contribution in [0.4, 0.5) is 17.1 Å². The van der Waals surface area contributed by atoms with E-state index in [4.69, 9.17) is 0 Å². The fourth-order valence-electron chi connectivity index (χ4n) is 10.8. The van der Waals surface area contributed by atoms with Gasteiger partial charge in [0, 0.05) is 22.4 Å². The maximum Gasteiger partial charge on any atom is 0.0746 e. The van der Waals surface area contributed by atoms with Crippen LogP contribution in [0, 0.1) is 0 Å². The predicted molar refractivity (Wildman–Crippen MR) is 249 cm³/mol. The lowest BCUT2D eigenvalue weighted by atomic mass is 9.68. The van der Waals surface area contributed by atoms with Gasteiger partial charge in [0.25, 0.3) is 0 Å². The third kappa shape index (κ3) is 5.04. The summed E-state index contributed by atoms with van der Waals surface area (Å²) in [6, 6.07) is 67.1. The van der Waals surface area contributed by atoms with E-state index in [1.807, 2.05) is 0 Å². The van der Waals surface area contributed by atoms with Crippen molar-refractivity contribution in [2.24, 2.45) is 0 Å². The van der Waals surface area contributed by atoms with Gasteiger partial charge in [0.05, 0.1) is 11.1 Å². The Kier molecular flexibility index (Phi) is 7.73. The number of benzene rings is 8. The molecular weight excluding hydrogens is 711 g/mol. The molecule has 0 saturated carbocycles. The standard InChI is InChI=1S/C58H49N/c1-7-37-24-31-46-47-32-27-40(56(2,3)4)35-53(47)58(52(46)34-37)50-22-14-12-19-44(50)48-20-15-23-54(55(48)58)59(41-28-25-39(26-29-41)38-16-9-8-10-17-38)42-30-33-45-43-18-11-13-21-49(43)57(5,6)51(45)36-42/h8-36H,7H2,1-6H3. The van der Waals surface area contributed by atoms with Crippen molar-refractivity contribution in [3.63, 3.8) is 0 Å². The van der Waals surface area contributed by atoms with Crippen molar-refractivity contribution < 1.29 is 0 Å². The second-order valence-electron chi connectivity index (χ2n) is 18.4. The van der Waals surface area contributed by atoms with E-state index in [0.717, 1.165) is 12.1 Å². The molecule has 59 heavy (non-hydrogen) atoms. The fraction of sp³-hybridized carbons (Fsp3) is 0.172. The van der Waals surface area contributed by atoms with Gasteiger partial charge in [0.15, 0.2) is 0 Å². The first-order valence-electron chi connectivity index (χ1n) is 21.3. The van der Waals surface area contributed by atoms with E-state index in [0.29, 0.717) is 0 Å². The van der Waals surface area contributed by atoms with Gasteiger partial charge in [-0.15, -0.1) is 0 Å². The van der Waals surface area contributed by atoms with Crippen molar-refractivity contribution >= 4 is 17.1 Å². The van der Waals surface area contributed by atoms with Crippen LogP contribution in [0.5, 0.6) is 0 Å². The van der Waals surface area contributed by atoms with Gasteiger partial charge in [-0.3, -0.25) is 0 Å². The number of hydrogen-bond acceptors (Lipinski definition) is 1. The quantitative estimate of drug-likeness (QED) is 0.169. The number of aryl methyl sites for hydroxylation is 1. The highest BCUT2D eigenvalue weighted by atomic mass is 15.1. The van der Waals surface area contributed by atoms with Crippen LogP contribution >= 0.6 is 0 Å². The molecule has 3 aliphatic rings. The Morgan fingerprint density at radius 1 is 0.441 bits per heavy atom. The molecule has 1 nitrogen and oxygen atoms in total. The highest BCUT2D eigenvalue weighted by Crippen LogP contribution is 2.66. The van der Waals surface area contributed by atoms with Crippen molar-refractivity contribution in [3.8, 4) is 44.5 Å². The van der Waals surface area contributed by atoms with Crippen LogP contribution in [0.2, 0.25) is 0 Å². The molecule has 8 aromatic rings. The summed E-state index contributed by atoms with van der Waals surface area (Å²) in [5, 5.41) is 0. The molecule has 11 rings (SSSR count). The average Bonchev–Trinajstić information content (AvgIpc) is 3.82. The third-order valence-corrected chi connectivity index (χ3v) is 13.8. The SMILES string of the molecule is CCc1ccc2c(c1)C1(c3cc(C(C)(C)C)ccc3-2)c2ccccc2-c2cccc(N(c3ccc(-c4ccccc4)cc3)c3ccc4c(c3)C(C)(C)c3ccccc3-4)c21. The molecule has 1 atom stereocenters. The Balaban J connectivity index is 1.23. The Morgan fingerprint density at radius 2 is 1.00 bits per heavy atom. The van der Waals surface area contributed by atoms with Crippen LogP contribution in [-0.4, -0.2) is 0 Å². The first-order chi connectivity index (χ1) is 28.6. The van der Waals surface area contributed by atoms with Gasteiger partial charge in [-0.05, 0) is 126 Å². The van der Waals surface area contributed by atoms with Crippen LogP contribution in [0.25, 0.3) is 44.5 Å². The maximum atomic E-state index is 2.57. The molecule has 286 valence electrons. The van der Waals surface area contributed by atoms with Crippen LogP contribution in [-0.2, 0) is 22.7 Å². The lowest BCUT2D eigenvalue weighted by Crippen LogP contribution is -2.29. The first kappa shape index (κ1) is 35.7. The second-order valence-corrected chi connectivity index (χ2v) is 18.4. The molecule has 1 heteroatoms. The summed E-state index contributed by atoms with van der Waals surface area (Å²) in [5.74, 6) is 0. The molecule has 3 aliphatic carbocycles. The highest BCUT2D eigenvalue weighted by molar-refractivity contribution is 6.00. The van der Waals surface area contributed by atoms with E-state index in [1.54, 1.807) is 0 Å². The summed E-state index contributed by atoms with van der Waals surface area (Å²) in [6.07, 6.45) is 0.982. The number of rotatable bonds is 5. The summed E-state index contributed by atoms with van der Waals surface area (Å²) in [5.41, 5.74) is 24.2. The Hall–Kier alpha value is -6.44. The Bertz CT molecular complexity index is 2980. The summed E-state index contributed by atoms with van der Waals surface area (Å²) < 4.78 is 0. The maximum absolute atomic E-state index is 2.57. The first-order valence-corrected chi connectivity index (χ1v) is 21.3. The fourth-order valence-corrected chi connectivity index (χ4v) is 10.8. The van der Waals surface area contributed by atoms with Gasteiger partial charge >= 0.3 is 0 Å². The van der Waals surface area contributed by atoms with Crippen molar-refractivity contribution in [2.45, 2.75) is 64.2 Å². The van der Waals surface area contributed by atoms with E-state index >= 15 is 0 Å². The zero-order valence-electron chi connectivity index (χ0n) is 34.9. The summed E-state index contributed by atoms with van der Waals surface area (Å²) in [6.45, 7) is 14.1. The number of hydrogen-bond donors (Lipinski definition) is 0. The second kappa shape index (κ2) is 12.8. The molecule has 1 unspecified atom stereocenters. The molecule has 8 aromatic carbocycles. The molecule has 0 bridgehead atoms. The minimum absolute atomic E-state index is 0.0125. The summed E-state index contributed by atoms with van der Waals surface area (Å²) in [7, 11) is 0. The minimum Gasteiger partial charge on any atom is -0.310 e. The largest absolute Gasteiger partial charge is 0.310 e. The van der Waals surface area contributed by atoms with Gasteiger partial charge < -0.3 is 4.90 Å². The summed E-state index contributed by atoms with van der Waals surface area (Å²) in [4.78, 5) is 2.57. The topological polar surface area (TPSA) is 3.24 Å². The molecule has 0 amide bonds. The molecule has 0 N–H and O–H groups in total. The smallest absolute Gasteiger partial charge is 0.0746 e. The zero-order chi connectivity index (χ0) is 40.3. The monoisotopic (exact) mass is 759 g/mol. The average molecular weight is 760 g/mol. The molecule has 0 heterocycles. The van der Waals surface area contributed by atoms with E-state index in [-0.39, 0.29) is 10.8 Å². The van der Waals surface area contributed by atoms with Crippen LogP contribution < -0.4 is 4.90 Å². The molecule has 1 spiro atoms. The Labute approximate surface area is 349 Å². The number of nitrogens with zero attached hydrogens (tertiary/aromatic N) is 1. The summed E-state index contributed by atoms with van der Waals surface area (Å²) >= 11 is 0. The van der Waals surface area contributed by atoms with Gasteiger partial charge in [0.2, 0.25) is 0 Å². The van der Waals surface area contributed by atoms with Crippen molar-refractivity contribution in [2.75, 3.05) is 4.90 Å². The number of anilines is 3. The lowest BCUT2D eigenvalue weighted by molar-refractivity contribution is 0.588. The molecule has 0 saturated heterocycles. The van der Waals surface area contributed by atoms with Crippen molar-refractivity contribution in [1.82, 2.24) is 0 Å². The minimum atomic E-state index is -0.520. The van der Waals surface area contributed by atoms with E-state index in [1.165, 1.54) is 100 Å². The highest BCUT2D eigenvalue weighted by Gasteiger charge is 2.54. The molecule has 0 aliphatic heterocycles. The van der Waals surface area contributed by atoms with Gasteiger partial charge in [-0.1, -0.05) is 187 Å². The number of fused-ring (bicyclic) bond motifs is 13. The van der Waals surface area contributed by atoms with E-state index in [2.05, 4.69) is 222 Å². The molecular formula is C58H49N. The predicted octanol–water partition coefficient (Wildman–Crippen LogP) is 15.3. The van der Waals surface area contributed by atoms with Gasteiger partial charge in [-0.25, -0.2) is 0 Å². The van der Waals surface area contributed by atoms with E-state index in [9.17, 15) is 0 Å². The molecule has 0 radical (unpaired) electrons. The zero-order valence-corrected chi connectivity index (χ0v) is 34.9.